The predicted molar refractivity (Wildman–Crippen MR) is 62.6 cm³/mol. The van der Waals surface area contributed by atoms with Crippen molar-refractivity contribution in [3.8, 4) is 0 Å². The van der Waals surface area contributed by atoms with Crippen LogP contribution in [0.4, 0.5) is 4.39 Å². The van der Waals surface area contributed by atoms with Gasteiger partial charge in [0.2, 0.25) is 0 Å². The second-order valence-corrected chi connectivity index (χ2v) is 4.74. The summed E-state index contributed by atoms with van der Waals surface area (Å²) in [6.45, 7) is 0.788. The molecule has 0 aliphatic heterocycles. The van der Waals surface area contributed by atoms with Gasteiger partial charge < -0.3 is 15.3 Å². The average Bonchev–Trinajstić information content (AvgIpc) is 2.56. The van der Waals surface area contributed by atoms with Crippen molar-refractivity contribution in [2.45, 2.75) is 31.3 Å². The number of aliphatic hydroxyl groups is 3. The van der Waals surface area contributed by atoms with Crippen LogP contribution in [0.15, 0.2) is 15.8 Å². The largest absolute Gasteiger partial charge is 0.396 e. The zero-order valence-electron chi connectivity index (χ0n) is 10.2. The van der Waals surface area contributed by atoms with Gasteiger partial charge in [-0.1, -0.05) is 0 Å². The minimum Gasteiger partial charge on any atom is -0.396 e. The lowest BCUT2D eigenvalue weighted by Gasteiger charge is -2.20. The molecule has 0 amide bonds. The van der Waals surface area contributed by atoms with Crippen LogP contribution in [0.3, 0.4) is 0 Å². The first-order chi connectivity index (χ1) is 8.88. The summed E-state index contributed by atoms with van der Waals surface area (Å²) in [5.41, 5.74) is -1.28. The Kier molecular flexibility index (Phi) is 3.57. The summed E-state index contributed by atoms with van der Waals surface area (Å²) in [7, 11) is 0. The molecule has 19 heavy (non-hydrogen) atoms. The Morgan fingerprint density at radius 3 is 2.53 bits per heavy atom. The van der Waals surface area contributed by atoms with E-state index in [2.05, 4.69) is 0 Å². The molecule has 0 aromatic carbocycles. The molecule has 2 rings (SSSR count). The Labute approximate surface area is 107 Å². The van der Waals surface area contributed by atoms with Crippen LogP contribution in [0, 0.1) is 12.8 Å². The number of nitrogens with zero attached hydrogens (tertiary/aromatic N) is 1. The van der Waals surface area contributed by atoms with E-state index >= 15 is 0 Å². The van der Waals surface area contributed by atoms with Gasteiger partial charge in [0.25, 0.3) is 5.56 Å². The fourth-order valence-corrected chi connectivity index (χ4v) is 2.42. The summed E-state index contributed by atoms with van der Waals surface area (Å²) in [6, 6.07) is -1.34. The van der Waals surface area contributed by atoms with E-state index in [4.69, 9.17) is 5.11 Å². The molecule has 1 aromatic heterocycles. The Hall–Kier alpha value is -1.51. The summed E-state index contributed by atoms with van der Waals surface area (Å²) in [5, 5.41) is 28.5. The third kappa shape index (κ3) is 2.11. The molecule has 0 bridgehead atoms. The average molecular weight is 274 g/mol. The minimum atomic E-state index is -1.79. The molecule has 8 heteroatoms. The number of nitrogens with one attached hydrogen (secondary N) is 1. The van der Waals surface area contributed by atoms with Crippen molar-refractivity contribution in [3.05, 3.63) is 32.6 Å². The fourth-order valence-electron chi connectivity index (χ4n) is 2.42. The number of halogens is 1. The molecule has 1 aliphatic carbocycles. The molecule has 0 radical (unpaired) electrons. The van der Waals surface area contributed by atoms with Crippen molar-refractivity contribution in [1.29, 1.82) is 0 Å². The van der Waals surface area contributed by atoms with Crippen molar-refractivity contribution >= 4 is 0 Å². The summed E-state index contributed by atoms with van der Waals surface area (Å²) < 4.78 is 15.0. The quantitative estimate of drug-likeness (QED) is 0.501. The molecule has 0 saturated heterocycles. The van der Waals surface area contributed by atoms with Gasteiger partial charge in [-0.05, 0) is 6.92 Å². The van der Waals surface area contributed by atoms with Crippen LogP contribution >= 0.6 is 0 Å². The maximum atomic E-state index is 14.1. The Morgan fingerprint density at radius 2 is 2.00 bits per heavy atom. The van der Waals surface area contributed by atoms with Crippen LogP contribution < -0.4 is 11.2 Å². The summed E-state index contributed by atoms with van der Waals surface area (Å²) in [5.74, 6) is -1.17. The molecular weight excluding hydrogens is 259 g/mol. The van der Waals surface area contributed by atoms with Crippen LogP contribution in [-0.2, 0) is 0 Å². The van der Waals surface area contributed by atoms with E-state index in [1.165, 1.54) is 6.92 Å². The Balaban J connectivity index is 2.50. The van der Waals surface area contributed by atoms with Gasteiger partial charge in [0.05, 0.1) is 18.8 Å². The smallest absolute Gasteiger partial charge is 0.328 e. The lowest BCUT2D eigenvalue weighted by molar-refractivity contribution is -0.00562. The highest BCUT2D eigenvalue weighted by Gasteiger charge is 2.51. The second-order valence-electron chi connectivity index (χ2n) is 4.74. The van der Waals surface area contributed by atoms with E-state index in [1.54, 1.807) is 0 Å². The van der Waals surface area contributed by atoms with Gasteiger partial charge in [-0.15, -0.1) is 0 Å². The number of rotatable bonds is 2. The van der Waals surface area contributed by atoms with Gasteiger partial charge in [-0.2, -0.15) is 0 Å². The predicted octanol–water partition coefficient (Wildman–Crippen LogP) is -1.93. The van der Waals surface area contributed by atoms with Crippen molar-refractivity contribution in [2.75, 3.05) is 6.61 Å². The monoisotopic (exact) mass is 274 g/mol. The van der Waals surface area contributed by atoms with Crippen LogP contribution in [0.1, 0.15) is 11.6 Å². The number of hydrogen-bond donors (Lipinski definition) is 4. The highest BCUT2D eigenvalue weighted by atomic mass is 19.1. The summed E-state index contributed by atoms with van der Waals surface area (Å²) in [4.78, 5) is 24.9. The second kappa shape index (κ2) is 4.87. The van der Waals surface area contributed by atoms with E-state index in [9.17, 15) is 24.2 Å². The molecule has 106 valence electrons. The van der Waals surface area contributed by atoms with Crippen molar-refractivity contribution in [2.24, 2.45) is 5.92 Å². The number of aromatic amines is 1. The van der Waals surface area contributed by atoms with Crippen LogP contribution in [0.2, 0.25) is 0 Å². The highest BCUT2D eigenvalue weighted by Crippen LogP contribution is 2.37. The van der Waals surface area contributed by atoms with Crippen molar-refractivity contribution in [1.82, 2.24) is 9.55 Å². The van der Waals surface area contributed by atoms with E-state index in [0.717, 1.165) is 10.8 Å². The fraction of sp³-hybridized carbons (Fsp3) is 0.636. The normalized spacial score (nSPS) is 34.7. The molecule has 0 spiro atoms. The molecule has 1 aromatic rings. The number of aryl methyl sites for hydroxylation is 1. The third-order valence-corrected chi connectivity index (χ3v) is 3.55. The summed E-state index contributed by atoms with van der Waals surface area (Å²) >= 11 is 0. The molecule has 1 aliphatic rings. The third-order valence-electron chi connectivity index (χ3n) is 3.55. The number of aromatic nitrogens is 2. The maximum absolute atomic E-state index is 14.1. The zero-order valence-corrected chi connectivity index (χ0v) is 10.2. The summed E-state index contributed by atoms with van der Waals surface area (Å²) in [6.07, 6.45) is -3.66. The maximum Gasteiger partial charge on any atom is 0.328 e. The first-order valence-electron chi connectivity index (χ1n) is 5.81. The van der Waals surface area contributed by atoms with Gasteiger partial charge in [0, 0.05) is 17.7 Å². The van der Waals surface area contributed by atoms with Gasteiger partial charge in [-0.25, -0.2) is 9.18 Å². The van der Waals surface area contributed by atoms with Crippen molar-refractivity contribution in [3.63, 3.8) is 0 Å². The van der Waals surface area contributed by atoms with E-state index < -0.39 is 48.2 Å². The van der Waals surface area contributed by atoms with E-state index in [-0.39, 0.29) is 5.56 Å². The van der Waals surface area contributed by atoms with Crippen LogP contribution in [-0.4, -0.2) is 49.9 Å². The highest BCUT2D eigenvalue weighted by molar-refractivity contribution is 5.07. The van der Waals surface area contributed by atoms with Gasteiger partial charge >= 0.3 is 5.69 Å². The van der Waals surface area contributed by atoms with Crippen LogP contribution in [0.25, 0.3) is 0 Å². The molecule has 5 atom stereocenters. The number of aliphatic hydroxyl groups excluding tert-OH is 3. The number of alkyl halides is 1. The number of H-pyrrole nitrogens is 1. The van der Waals surface area contributed by atoms with Crippen LogP contribution in [0.5, 0.6) is 0 Å². The van der Waals surface area contributed by atoms with Gasteiger partial charge in [0.1, 0.15) is 12.3 Å². The number of hydrogen-bond acceptors (Lipinski definition) is 5. The molecule has 1 saturated carbocycles. The van der Waals surface area contributed by atoms with E-state index in [1.807, 2.05) is 4.98 Å². The lowest BCUT2D eigenvalue weighted by Crippen LogP contribution is -2.39. The van der Waals surface area contributed by atoms with Gasteiger partial charge in [0.15, 0.2) is 0 Å². The molecule has 7 nitrogen and oxygen atoms in total. The Morgan fingerprint density at radius 1 is 1.37 bits per heavy atom. The molecule has 4 N–H and O–H groups in total. The molecule has 5 unspecified atom stereocenters. The lowest BCUT2D eigenvalue weighted by atomic mass is 10.1. The standard InChI is InChI=1S/C11H15FN2O5/c1-4-2-14(11(19)13-10(4)18)7-6(12)5(3-15)8(16)9(7)17/h2,5-9,15-17H,3H2,1H3,(H,13,18,19). The zero-order chi connectivity index (χ0) is 14.3. The minimum absolute atomic E-state index is 0.181. The molecule has 1 fully saturated rings. The molecule has 1 heterocycles. The van der Waals surface area contributed by atoms with E-state index in [0.29, 0.717) is 0 Å². The van der Waals surface area contributed by atoms with Crippen molar-refractivity contribution < 1.29 is 19.7 Å². The first kappa shape index (κ1) is 13.9. The topological polar surface area (TPSA) is 116 Å². The SMILES string of the molecule is Cc1cn(C2C(O)C(O)C(CO)C2F)c(=O)[nH]c1=O. The Bertz CT molecular complexity index is 583. The van der Waals surface area contributed by atoms with Gasteiger partial charge in [-0.3, -0.25) is 14.3 Å². The molecular formula is C11H15FN2O5. The first-order valence-corrected chi connectivity index (χ1v) is 5.81.